The number of benzene rings is 2. The third kappa shape index (κ3) is 2.47. The van der Waals surface area contributed by atoms with E-state index in [1.165, 1.54) is 38.5 Å². The van der Waals surface area contributed by atoms with Crippen molar-refractivity contribution in [3.8, 4) is 11.5 Å². The molecule has 2 aromatic carbocycles. The summed E-state index contributed by atoms with van der Waals surface area (Å²) in [6.45, 7) is 0. The van der Waals surface area contributed by atoms with Gasteiger partial charge in [0.25, 0.3) is 0 Å². The van der Waals surface area contributed by atoms with E-state index in [4.69, 9.17) is 20.9 Å². The molecule has 6 nitrogen and oxygen atoms in total. The third-order valence-electron chi connectivity index (χ3n) is 3.00. The lowest BCUT2D eigenvalue weighted by atomic mass is 10.3. The molecule has 2 rings (SSSR count). The highest BCUT2D eigenvalue weighted by molar-refractivity contribution is 7.92. The van der Waals surface area contributed by atoms with Gasteiger partial charge in [0.15, 0.2) is 4.90 Å². The molecule has 0 aromatic heterocycles. The van der Waals surface area contributed by atoms with E-state index in [1.807, 2.05) is 0 Å². The molecular formula is C14H16N2O4S. The normalized spacial score (nSPS) is 11.1. The first-order valence-electron chi connectivity index (χ1n) is 6.03. The van der Waals surface area contributed by atoms with Crippen LogP contribution in [0, 0.1) is 0 Å². The molecule has 0 spiro atoms. The fourth-order valence-corrected chi connectivity index (χ4v) is 3.86. The van der Waals surface area contributed by atoms with Gasteiger partial charge >= 0.3 is 0 Å². The molecule has 0 fully saturated rings. The Labute approximate surface area is 123 Å². The minimum absolute atomic E-state index is 0.0722. The average molecular weight is 308 g/mol. The first-order chi connectivity index (χ1) is 9.93. The first kappa shape index (κ1) is 15.0. The number of anilines is 2. The molecule has 21 heavy (non-hydrogen) atoms. The summed E-state index contributed by atoms with van der Waals surface area (Å²) in [7, 11) is -1.22. The van der Waals surface area contributed by atoms with Crippen molar-refractivity contribution in [1.29, 1.82) is 0 Å². The van der Waals surface area contributed by atoms with Crippen molar-refractivity contribution in [1.82, 2.24) is 0 Å². The number of ether oxygens (including phenoxy) is 2. The molecule has 0 unspecified atom stereocenters. The van der Waals surface area contributed by atoms with Crippen LogP contribution in [0.3, 0.4) is 0 Å². The van der Waals surface area contributed by atoms with Gasteiger partial charge in [0, 0.05) is 0 Å². The predicted octanol–water partition coefficient (Wildman–Crippen LogP) is 1.70. The molecular weight excluding hydrogens is 292 g/mol. The summed E-state index contributed by atoms with van der Waals surface area (Å²) < 4.78 is 36.1. The van der Waals surface area contributed by atoms with E-state index in [-0.39, 0.29) is 32.7 Å². The molecule has 0 bridgehead atoms. The maximum atomic E-state index is 12.9. The Hall–Kier alpha value is -2.41. The van der Waals surface area contributed by atoms with E-state index < -0.39 is 9.84 Å². The molecule has 0 atom stereocenters. The summed E-state index contributed by atoms with van der Waals surface area (Å²) in [5, 5.41) is 0. The molecule has 2 aromatic rings. The number of sulfone groups is 1. The Kier molecular flexibility index (Phi) is 3.95. The summed E-state index contributed by atoms with van der Waals surface area (Å²) in [6.07, 6.45) is 0. The van der Waals surface area contributed by atoms with E-state index >= 15 is 0 Å². The zero-order valence-electron chi connectivity index (χ0n) is 11.7. The van der Waals surface area contributed by atoms with Gasteiger partial charge in [0.1, 0.15) is 16.4 Å². The van der Waals surface area contributed by atoms with Crippen molar-refractivity contribution in [3.63, 3.8) is 0 Å². The summed E-state index contributed by atoms with van der Waals surface area (Å²) in [4.78, 5) is -0.243. The number of nitrogen functional groups attached to an aromatic ring is 2. The second-order valence-electron chi connectivity index (χ2n) is 4.26. The van der Waals surface area contributed by atoms with Crippen LogP contribution < -0.4 is 20.9 Å². The number of methoxy groups -OCH3 is 2. The lowest BCUT2D eigenvalue weighted by Gasteiger charge is -2.15. The van der Waals surface area contributed by atoms with Crippen molar-refractivity contribution >= 4 is 21.2 Å². The van der Waals surface area contributed by atoms with Crippen LogP contribution in [0.5, 0.6) is 11.5 Å². The van der Waals surface area contributed by atoms with Gasteiger partial charge < -0.3 is 20.9 Å². The fourth-order valence-electron chi connectivity index (χ4n) is 2.07. The van der Waals surface area contributed by atoms with E-state index in [0.29, 0.717) is 0 Å². The lowest BCUT2D eigenvalue weighted by molar-refractivity contribution is 0.373. The van der Waals surface area contributed by atoms with Gasteiger partial charge in [-0.15, -0.1) is 0 Å². The minimum atomic E-state index is -3.99. The second kappa shape index (κ2) is 5.53. The summed E-state index contributed by atoms with van der Waals surface area (Å²) in [5.41, 5.74) is 11.7. The highest BCUT2D eigenvalue weighted by atomic mass is 32.2. The van der Waals surface area contributed by atoms with Crippen LogP contribution in [0.2, 0.25) is 0 Å². The Bertz CT molecular complexity index is 730. The SMILES string of the molecule is COc1cccc(OC)c1S(=O)(=O)c1c(N)cccc1N. The van der Waals surface area contributed by atoms with Gasteiger partial charge in [-0.25, -0.2) is 8.42 Å². The number of nitrogens with two attached hydrogens (primary N) is 2. The minimum Gasteiger partial charge on any atom is -0.495 e. The smallest absolute Gasteiger partial charge is 0.218 e. The van der Waals surface area contributed by atoms with Crippen LogP contribution in [0.1, 0.15) is 0 Å². The monoisotopic (exact) mass is 308 g/mol. The second-order valence-corrected chi connectivity index (χ2v) is 6.08. The highest BCUT2D eigenvalue weighted by Gasteiger charge is 2.30. The molecule has 112 valence electrons. The van der Waals surface area contributed by atoms with Crippen molar-refractivity contribution in [2.24, 2.45) is 0 Å². The molecule has 0 aliphatic carbocycles. The Morgan fingerprint density at radius 3 is 1.67 bits per heavy atom. The topological polar surface area (TPSA) is 105 Å². The third-order valence-corrected chi connectivity index (χ3v) is 4.94. The largest absolute Gasteiger partial charge is 0.495 e. The Morgan fingerprint density at radius 1 is 0.810 bits per heavy atom. The highest BCUT2D eigenvalue weighted by Crippen LogP contribution is 2.40. The van der Waals surface area contributed by atoms with E-state index in [1.54, 1.807) is 12.1 Å². The summed E-state index contributed by atoms with van der Waals surface area (Å²) in [5.74, 6) is 0.328. The quantitative estimate of drug-likeness (QED) is 0.833. The van der Waals surface area contributed by atoms with Gasteiger partial charge in [0.2, 0.25) is 9.84 Å². The molecule has 0 heterocycles. The van der Waals surface area contributed by atoms with Gasteiger partial charge in [-0.05, 0) is 24.3 Å². The number of hydrogen-bond donors (Lipinski definition) is 2. The van der Waals surface area contributed by atoms with E-state index in [9.17, 15) is 8.42 Å². The fraction of sp³-hybridized carbons (Fsp3) is 0.143. The Morgan fingerprint density at radius 2 is 1.24 bits per heavy atom. The molecule has 0 amide bonds. The zero-order valence-corrected chi connectivity index (χ0v) is 12.5. The van der Waals surface area contributed by atoms with E-state index in [2.05, 4.69) is 0 Å². The summed E-state index contributed by atoms with van der Waals surface area (Å²) in [6, 6.07) is 9.24. The van der Waals surface area contributed by atoms with Gasteiger partial charge in [-0.2, -0.15) is 0 Å². The van der Waals surface area contributed by atoms with Crippen molar-refractivity contribution in [2.75, 3.05) is 25.7 Å². The molecule has 0 saturated carbocycles. The van der Waals surface area contributed by atoms with Crippen LogP contribution in [-0.4, -0.2) is 22.6 Å². The Balaban J connectivity index is 2.82. The zero-order chi connectivity index (χ0) is 15.6. The molecule has 0 saturated heterocycles. The average Bonchev–Trinajstić information content (AvgIpc) is 2.45. The maximum absolute atomic E-state index is 12.9. The molecule has 0 radical (unpaired) electrons. The van der Waals surface area contributed by atoms with Crippen molar-refractivity contribution in [2.45, 2.75) is 9.79 Å². The molecule has 0 aliphatic rings. The first-order valence-corrected chi connectivity index (χ1v) is 7.51. The standard InChI is InChI=1S/C14H16N2O4S/c1-19-11-7-4-8-12(20-2)14(11)21(17,18)13-9(15)5-3-6-10(13)16/h3-8H,15-16H2,1-2H3. The van der Waals surface area contributed by atoms with Crippen LogP contribution in [0.15, 0.2) is 46.2 Å². The van der Waals surface area contributed by atoms with Crippen LogP contribution in [-0.2, 0) is 9.84 Å². The van der Waals surface area contributed by atoms with Gasteiger partial charge in [0.05, 0.1) is 25.6 Å². The molecule has 0 aliphatic heterocycles. The van der Waals surface area contributed by atoms with Crippen LogP contribution in [0.4, 0.5) is 11.4 Å². The lowest BCUT2D eigenvalue weighted by Crippen LogP contribution is -2.11. The molecule has 4 N–H and O–H groups in total. The van der Waals surface area contributed by atoms with Crippen molar-refractivity contribution in [3.05, 3.63) is 36.4 Å². The number of hydrogen-bond acceptors (Lipinski definition) is 6. The van der Waals surface area contributed by atoms with Gasteiger partial charge in [-0.3, -0.25) is 0 Å². The number of rotatable bonds is 4. The summed E-state index contributed by atoms with van der Waals surface area (Å²) >= 11 is 0. The van der Waals surface area contributed by atoms with Crippen LogP contribution >= 0.6 is 0 Å². The van der Waals surface area contributed by atoms with Crippen LogP contribution in [0.25, 0.3) is 0 Å². The van der Waals surface area contributed by atoms with Gasteiger partial charge in [-0.1, -0.05) is 12.1 Å². The van der Waals surface area contributed by atoms with Crippen molar-refractivity contribution < 1.29 is 17.9 Å². The predicted molar refractivity (Wildman–Crippen MR) is 80.3 cm³/mol. The van der Waals surface area contributed by atoms with E-state index in [0.717, 1.165) is 0 Å². The molecule has 7 heteroatoms. The maximum Gasteiger partial charge on any atom is 0.218 e.